The van der Waals surface area contributed by atoms with Crippen molar-refractivity contribution in [3.63, 3.8) is 0 Å². The van der Waals surface area contributed by atoms with Crippen LogP contribution in [0.3, 0.4) is 0 Å². The molecule has 21 heavy (non-hydrogen) atoms. The molecule has 1 amide bonds. The summed E-state index contributed by atoms with van der Waals surface area (Å²) in [7, 11) is -3.38. The summed E-state index contributed by atoms with van der Waals surface area (Å²) in [5.41, 5.74) is 6.28. The molecule has 0 saturated heterocycles. The Labute approximate surface area is 125 Å². The first-order chi connectivity index (χ1) is 9.75. The summed E-state index contributed by atoms with van der Waals surface area (Å²) in [5.74, 6) is 0.453. The molecular weight excluding hydrogens is 288 g/mol. The molecule has 0 aliphatic heterocycles. The van der Waals surface area contributed by atoms with Crippen molar-refractivity contribution < 1.29 is 13.2 Å². The van der Waals surface area contributed by atoms with Crippen molar-refractivity contribution in [1.29, 1.82) is 0 Å². The van der Waals surface area contributed by atoms with Gasteiger partial charge >= 0.3 is 0 Å². The van der Waals surface area contributed by atoms with Crippen LogP contribution in [-0.4, -0.2) is 26.6 Å². The van der Waals surface area contributed by atoms with Crippen LogP contribution in [0.1, 0.15) is 43.0 Å². The van der Waals surface area contributed by atoms with Gasteiger partial charge in [0.15, 0.2) is 9.84 Å². The average Bonchev–Trinajstić information content (AvgIpc) is 2.39. The van der Waals surface area contributed by atoms with E-state index in [0.29, 0.717) is 11.5 Å². The maximum atomic E-state index is 12.3. The van der Waals surface area contributed by atoms with Crippen LogP contribution < -0.4 is 11.1 Å². The molecule has 0 spiro atoms. The second-order valence-corrected chi connectivity index (χ2v) is 8.01. The molecule has 0 unspecified atom stereocenters. The van der Waals surface area contributed by atoms with E-state index in [1.54, 1.807) is 0 Å². The summed E-state index contributed by atoms with van der Waals surface area (Å²) in [4.78, 5) is 12.3. The van der Waals surface area contributed by atoms with E-state index in [2.05, 4.69) is 12.2 Å². The Balaban J connectivity index is 2.14. The van der Waals surface area contributed by atoms with E-state index in [1.807, 2.05) is 0 Å². The van der Waals surface area contributed by atoms with Crippen molar-refractivity contribution in [1.82, 2.24) is 5.32 Å². The first kappa shape index (κ1) is 15.8. The van der Waals surface area contributed by atoms with Crippen LogP contribution in [0, 0.1) is 5.92 Å². The van der Waals surface area contributed by atoms with E-state index in [1.165, 1.54) is 18.2 Å². The highest BCUT2D eigenvalue weighted by molar-refractivity contribution is 7.90. The minimum absolute atomic E-state index is 0.0740. The molecule has 1 aliphatic rings. The summed E-state index contributed by atoms with van der Waals surface area (Å²) in [5, 5.41) is 2.97. The highest BCUT2D eigenvalue weighted by atomic mass is 32.2. The van der Waals surface area contributed by atoms with Crippen LogP contribution >= 0.6 is 0 Å². The first-order valence-corrected chi connectivity index (χ1v) is 9.06. The number of carbonyl (C=O) groups is 1. The Morgan fingerprint density at radius 3 is 2.38 bits per heavy atom. The van der Waals surface area contributed by atoms with Gasteiger partial charge in [-0.1, -0.05) is 6.92 Å². The molecule has 0 aromatic heterocycles. The number of nitrogen functional groups attached to an aromatic ring is 1. The van der Waals surface area contributed by atoms with E-state index in [4.69, 9.17) is 5.73 Å². The van der Waals surface area contributed by atoms with Gasteiger partial charge in [-0.15, -0.1) is 0 Å². The van der Waals surface area contributed by atoms with E-state index < -0.39 is 9.84 Å². The summed E-state index contributed by atoms with van der Waals surface area (Å²) in [6, 6.07) is 4.42. The maximum absolute atomic E-state index is 12.3. The molecule has 1 saturated carbocycles. The van der Waals surface area contributed by atoms with Gasteiger partial charge in [-0.2, -0.15) is 0 Å². The largest absolute Gasteiger partial charge is 0.399 e. The molecule has 1 fully saturated rings. The monoisotopic (exact) mass is 310 g/mol. The molecule has 1 aromatic carbocycles. The minimum Gasteiger partial charge on any atom is -0.399 e. The van der Waals surface area contributed by atoms with Crippen LogP contribution in [0.5, 0.6) is 0 Å². The highest BCUT2D eigenvalue weighted by Gasteiger charge is 2.21. The van der Waals surface area contributed by atoms with Crippen molar-refractivity contribution >= 4 is 21.4 Å². The predicted molar refractivity (Wildman–Crippen MR) is 82.9 cm³/mol. The maximum Gasteiger partial charge on any atom is 0.251 e. The highest BCUT2D eigenvalue weighted by Crippen LogP contribution is 2.24. The van der Waals surface area contributed by atoms with E-state index in [-0.39, 0.29) is 22.5 Å². The Morgan fingerprint density at radius 2 is 1.81 bits per heavy atom. The topological polar surface area (TPSA) is 89.3 Å². The molecule has 3 N–H and O–H groups in total. The van der Waals surface area contributed by atoms with Gasteiger partial charge in [0, 0.05) is 23.5 Å². The zero-order valence-corrected chi connectivity index (χ0v) is 13.2. The Hall–Kier alpha value is -1.56. The lowest BCUT2D eigenvalue weighted by molar-refractivity contribution is 0.0923. The van der Waals surface area contributed by atoms with Crippen LogP contribution in [0.25, 0.3) is 0 Å². The van der Waals surface area contributed by atoms with Crippen molar-refractivity contribution in [2.45, 2.75) is 43.5 Å². The van der Waals surface area contributed by atoms with Crippen LogP contribution in [0.2, 0.25) is 0 Å². The minimum atomic E-state index is -3.38. The number of benzene rings is 1. The standard InChI is InChI=1S/C15H22N2O3S/c1-10-3-5-13(6-4-10)17-15(18)11-7-12(16)9-14(8-11)21(2,19)20/h7-10,13H,3-6,16H2,1-2H3,(H,17,18). The lowest BCUT2D eigenvalue weighted by Gasteiger charge is -2.27. The van der Waals surface area contributed by atoms with Gasteiger partial charge in [-0.3, -0.25) is 4.79 Å². The van der Waals surface area contributed by atoms with E-state index >= 15 is 0 Å². The molecule has 0 radical (unpaired) electrons. The summed E-state index contributed by atoms with van der Waals surface area (Å²) in [6.45, 7) is 2.22. The van der Waals surface area contributed by atoms with Crippen molar-refractivity contribution in [3.05, 3.63) is 23.8 Å². The lowest BCUT2D eigenvalue weighted by atomic mass is 9.87. The van der Waals surface area contributed by atoms with Crippen LogP contribution in [0.4, 0.5) is 5.69 Å². The molecule has 2 rings (SSSR count). The van der Waals surface area contributed by atoms with Crippen molar-refractivity contribution in [2.75, 3.05) is 12.0 Å². The van der Waals surface area contributed by atoms with Gasteiger partial charge in [0.25, 0.3) is 5.91 Å². The van der Waals surface area contributed by atoms with Gasteiger partial charge in [0.1, 0.15) is 0 Å². The number of hydrogen-bond acceptors (Lipinski definition) is 4. The van der Waals surface area contributed by atoms with E-state index in [0.717, 1.165) is 31.9 Å². The summed E-state index contributed by atoms with van der Waals surface area (Å²) < 4.78 is 23.2. The van der Waals surface area contributed by atoms with E-state index in [9.17, 15) is 13.2 Å². The number of sulfone groups is 1. The molecule has 1 aliphatic carbocycles. The Bertz CT molecular complexity index is 632. The molecule has 0 bridgehead atoms. The van der Waals surface area contributed by atoms with Crippen LogP contribution in [-0.2, 0) is 9.84 Å². The summed E-state index contributed by atoms with van der Waals surface area (Å²) >= 11 is 0. The number of nitrogens with one attached hydrogen (secondary N) is 1. The van der Waals surface area contributed by atoms with Crippen LogP contribution in [0.15, 0.2) is 23.1 Å². The van der Waals surface area contributed by atoms with Gasteiger partial charge < -0.3 is 11.1 Å². The number of amides is 1. The fourth-order valence-electron chi connectivity index (χ4n) is 2.64. The average molecular weight is 310 g/mol. The van der Waals surface area contributed by atoms with Gasteiger partial charge in [0.05, 0.1) is 4.90 Å². The van der Waals surface area contributed by atoms with Crippen molar-refractivity contribution in [3.8, 4) is 0 Å². The second-order valence-electron chi connectivity index (χ2n) is 5.99. The van der Waals surface area contributed by atoms with Gasteiger partial charge in [-0.05, 0) is 49.8 Å². The quantitative estimate of drug-likeness (QED) is 0.835. The third kappa shape index (κ3) is 4.20. The predicted octanol–water partition coefficient (Wildman–Crippen LogP) is 1.98. The molecular formula is C15H22N2O3S. The third-order valence-corrected chi connectivity index (χ3v) is 5.06. The normalized spacial score (nSPS) is 22.8. The number of anilines is 1. The zero-order chi connectivity index (χ0) is 15.6. The second kappa shape index (κ2) is 6.05. The fraction of sp³-hybridized carbons (Fsp3) is 0.533. The van der Waals surface area contributed by atoms with Gasteiger partial charge in [-0.25, -0.2) is 8.42 Å². The Kier molecular flexibility index (Phi) is 4.56. The number of nitrogens with two attached hydrogens (primary N) is 1. The molecule has 5 nitrogen and oxygen atoms in total. The molecule has 6 heteroatoms. The fourth-order valence-corrected chi connectivity index (χ4v) is 3.33. The number of carbonyl (C=O) groups excluding carboxylic acids is 1. The Morgan fingerprint density at radius 1 is 1.19 bits per heavy atom. The lowest BCUT2D eigenvalue weighted by Crippen LogP contribution is -2.37. The SMILES string of the molecule is CC1CCC(NC(=O)c2cc(N)cc(S(C)(=O)=O)c2)CC1. The third-order valence-electron chi connectivity index (χ3n) is 3.97. The van der Waals surface area contributed by atoms with Gasteiger partial charge in [0.2, 0.25) is 0 Å². The molecule has 1 aromatic rings. The molecule has 116 valence electrons. The van der Waals surface area contributed by atoms with Crippen molar-refractivity contribution in [2.24, 2.45) is 5.92 Å². The zero-order valence-electron chi connectivity index (χ0n) is 12.4. The smallest absolute Gasteiger partial charge is 0.251 e. The first-order valence-electron chi connectivity index (χ1n) is 7.17. The number of rotatable bonds is 3. The molecule has 0 atom stereocenters. The summed E-state index contributed by atoms with van der Waals surface area (Å²) in [6.07, 6.45) is 5.25. The molecule has 0 heterocycles. The number of hydrogen-bond donors (Lipinski definition) is 2.